The second-order valence-electron chi connectivity index (χ2n) is 5.46. The third-order valence-corrected chi connectivity index (χ3v) is 3.69. The first-order valence-corrected chi connectivity index (χ1v) is 7.27. The molecule has 0 bridgehead atoms. The maximum absolute atomic E-state index is 12.8. The Bertz CT molecular complexity index is 689. The summed E-state index contributed by atoms with van der Waals surface area (Å²) >= 11 is 0. The lowest BCUT2D eigenvalue weighted by atomic mass is 10.0. The molecule has 0 saturated carbocycles. The van der Waals surface area contributed by atoms with Crippen LogP contribution in [0.1, 0.15) is 35.2 Å². The molecule has 2 rings (SSSR count). The van der Waals surface area contributed by atoms with E-state index in [4.69, 9.17) is 0 Å². The van der Waals surface area contributed by atoms with Gasteiger partial charge in [0.1, 0.15) is 5.82 Å². The zero-order valence-electron chi connectivity index (χ0n) is 13.1. The average Bonchev–Trinajstić information content (AvgIpc) is 2.49. The molecule has 22 heavy (non-hydrogen) atoms. The molecule has 0 heterocycles. The SMILES string of the molecule is Cc1ccc(C(C)NC(=O)/C=C/c2ccc(F)cc2)cc1C. The van der Waals surface area contributed by atoms with Gasteiger partial charge < -0.3 is 5.32 Å². The summed E-state index contributed by atoms with van der Waals surface area (Å²) in [6, 6.07) is 12.1. The predicted molar refractivity (Wildman–Crippen MR) is 87.9 cm³/mol. The zero-order chi connectivity index (χ0) is 16.1. The lowest BCUT2D eigenvalue weighted by Crippen LogP contribution is -2.24. The predicted octanol–water partition coefficient (Wildman–Crippen LogP) is 4.33. The van der Waals surface area contributed by atoms with Crippen molar-refractivity contribution in [3.8, 4) is 0 Å². The molecule has 0 radical (unpaired) electrons. The van der Waals surface area contributed by atoms with Crippen LogP contribution < -0.4 is 5.32 Å². The number of benzene rings is 2. The number of hydrogen-bond donors (Lipinski definition) is 1. The van der Waals surface area contributed by atoms with Gasteiger partial charge in [0.25, 0.3) is 0 Å². The molecule has 114 valence electrons. The summed E-state index contributed by atoms with van der Waals surface area (Å²) in [6.45, 7) is 6.07. The second kappa shape index (κ2) is 7.03. The zero-order valence-corrected chi connectivity index (χ0v) is 13.1. The number of rotatable bonds is 4. The number of hydrogen-bond acceptors (Lipinski definition) is 1. The van der Waals surface area contributed by atoms with Crippen LogP contribution in [0.3, 0.4) is 0 Å². The van der Waals surface area contributed by atoms with Crippen molar-refractivity contribution >= 4 is 12.0 Å². The molecule has 1 atom stereocenters. The minimum Gasteiger partial charge on any atom is -0.346 e. The van der Waals surface area contributed by atoms with Gasteiger partial charge in [-0.05, 0) is 61.2 Å². The molecular formula is C19H20FNO. The Kier molecular flexibility index (Phi) is 5.10. The number of aryl methyl sites for hydroxylation is 2. The Morgan fingerprint density at radius 2 is 1.77 bits per heavy atom. The highest BCUT2D eigenvalue weighted by Crippen LogP contribution is 2.16. The molecule has 0 aliphatic rings. The monoisotopic (exact) mass is 297 g/mol. The summed E-state index contributed by atoms with van der Waals surface area (Å²) in [7, 11) is 0. The molecule has 2 nitrogen and oxygen atoms in total. The van der Waals surface area contributed by atoms with E-state index in [1.54, 1.807) is 18.2 Å². The Morgan fingerprint density at radius 1 is 1.09 bits per heavy atom. The number of amides is 1. The number of nitrogens with one attached hydrogen (secondary N) is 1. The molecule has 0 spiro atoms. The summed E-state index contributed by atoms with van der Waals surface area (Å²) in [6.07, 6.45) is 3.13. The minimum atomic E-state index is -0.287. The van der Waals surface area contributed by atoms with Crippen molar-refractivity contribution in [2.45, 2.75) is 26.8 Å². The van der Waals surface area contributed by atoms with Crippen LogP contribution in [0.15, 0.2) is 48.5 Å². The average molecular weight is 297 g/mol. The van der Waals surface area contributed by atoms with Gasteiger partial charge in [0, 0.05) is 6.08 Å². The van der Waals surface area contributed by atoms with E-state index in [2.05, 4.69) is 31.3 Å². The summed E-state index contributed by atoms with van der Waals surface area (Å²) in [5.74, 6) is -0.458. The van der Waals surface area contributed by atoms with Crippen molar-refractivity contribution in [1.29, 1.82) is 0 Å². The van der Waals surface area contributed by atoms with Crippen LogP contribution in [-0.4, -0.2) is 5.91 Å². The van der Waals surface area contributed by atoms with Gasteiger partial charge in [-0.25, -0.2) is 4.39 Å². The molecule has 1 amide bonds. The van der Waals surface area contributed by atoms with Crippen LogP contribution in [0.5, 0.6) is 0 Å². The van der Waals surface area contributed by atoms with E-state index in [9.17, 15) is 9.18 Å². The third kappa shape index (κ3) is 4.29. The van der Waals surface area contributed by atoms with Crippen molar-refractivity contribution in [3.05, 3.63) is 76.6 Å². The largest absolute Gasteiger partial charge is 0.346 e. The van der Waals surface area contributed by atoms with E-state index in [0.29, 0.717) is 0 Å². The van der Waals surface area contributed by atoms with E-state index in [0.717, 1.165) is 11.1 Å². The van der Waals surface area contributed by atoms with Crippen LogP contribution in [0.25, 0.3) is 6.08 Å². The summed E-state index contributed by atoms with van der Waals surface area (Å²) in [5, 5.41) is 2.92. The molecule has 0 saturated heterocycles. The fraction of sp³-hybridized carbons (Fsp3) is 0.211. The lowest BCUT2D eigenvalue weighted by Gasteiger charge is -2.14. The van der Waals surface area contributed by atoms with Crippen LogP contribution in [-0.2, 0) is 4.79 Å². The van der Waals surface area contributed by atoms with Gasteiger partial charge in [-0.1, -0.05) is 30.3 Å². The number of carbonyl (C=O) groups excluding carboxylic acids is 1. The van der Waals surface area contributed by atoms with E-state index in [1.807, 2.05) is 13.0 Å². The van der Waals surface area contributed by atoms with Crippen molar-refractivity contribution in [2.75, 3.05) is 0 Å². The number of halogens is 1. The summed E-state index contributed by atoms with van der Waals surface area (Å²) in [4.78, 5) is 11.9. The van der Waals surface area contributed by atoms with E-state index >= 15 is 0 Å². The minimum absolute atomic E-state index is 0.0651. The topological polar surface area (TPSA) is 29.1 Å². The van der Waals surface area contributed by atoms with Gasteiger partial charge in [-0.2, -0.15) is 0 Å². The Balaban J connectivity index is 1.98. The van der Waals surface area contributed by atoms with E-state index < -0.39 is 0 Å². The smallest absolute Gasteiger partial charge is 0.244 e. The highest BCUT2D eigenvalue weighted by Gasteiger charge is 2.08. The Morgan fingerprint density at radius 3 is 2.41 bits per heavy atom. The van der Waals surface area contributed by atoms with E-state index in [1.165, 1.54) is 29.3 Å². The quantitative estimate of drug-likeness (QED) is 0.836. The molecule has 1 N–H and O–H groups in total. The molecule has 3 heteroatoms. The summed E-state index contributed by atoms with van der Waals surface area (Å²) in [5.41, 5.74) is 4.31. The first kappa shape index (κ1) is 16.0. The van der Waals surface area contributed by atoms with Gasteiger partial charge in [-0.15, -0.1) is 0 Å². The maximum atomic E-state index is 12.8. The molecule has 0 aliphatic carbocycles. The van der Waals surface area contributed by atoms with Gasteiger partial charge in [0.05, 0.1) is 6.04 Å². The maximum Gasteiger partial charge on any atom is 0.244 e. The molecule has 2 aromatic rings. The van der Waals surface area contributed by atoms with Crippen LogP contribution >= 0.6 is 0 Å². The first-order valence-electron chi connectivity index (χ1n) is 7.27. The Labute approximate surface area is 130 Å². The normalized spacial score (nSPS) is 12.4. The molecule has 0 aromatic heterocycles. The van der Waals surface area contributed by atoms with Crippen LogP contribution in [0, 0.1) is 19.7 Å². The standard InChI is InChI=1S/C19H20FNO/c1-13-4-8-17(12-14(13)2)15(3)21-19(22)11-7-16-5-9-18(20)10-6-16/h4-12,15H,1-3H3,(H,21,22)/b11-7+. The first-order chi connectivity index (χ1) is 10.5. The van der Waals surface area contributed by atoms with Crippen LogP contribution in [0.4, 0.5) is 4.39 Å². The van der Waals surface area contributed by atoms with Crippen LogP contribution in [0.2, 0.25) is 0 Å². The van der Waals surface area contributed by atoms with Crippen molar-refractivity contribution in [3.63, 3.8) is 0 Å². The van der Waals surface area contributed by atoms with Gasteiger partial charge in [0.15, 0.2) is 0 Å². The third-order valence-electron chi connectivity index (χ3n) is 3.69. The second-order valence-corrected chi connectivity index (χ2v) is 5.46. The van der Waals surface area contributed by atoms with Crippen molar-refractivity contribution < 1.29 is 9.18 Å². The number of carbonyl (C=O) groups is 1. The molecule has 2 aromatic carbocycles. The van der Waals surface area contributed by atoms with Gasteiger partial charge in [0.2, 0.25) is 5.91 Å². The van der Waals surface area contributed by atoms with E-state index in [-0.39, 0.29) is 17.8 Å². The molecule has 0 fully saturated rings. The lowest BCUT2D eigenvalue weighted by molar-refractivity contribution is -0.117. The highest BCUT2D eigenvalue weighted by molar-refractivity contribution is 5.91. The highest BCUT2D eigenvalue weighted by atomic mass is 19.1. The van der Waals surface area contributed by atoms with Gasteiger partial charge in [-0.3, -0.25) is 4.79 Å². The van der Waals surface area contributed by atoms with Gasteiger partial charge >= 0.3 is 0 Å². The van der Waals surface area contributed by atoms with Crippen molar-refractivity contribution in [1.82, 2.24) is 5.32 Å². The molecular weight excluding hydrogens is 277 g/mol. The summed E-state index contributed by atoms with van der Waals surface area (Å²) < 4.78 is 12.8. The van der Waals surface area contributed by atoms with Crippen molar-refractivity contribution in [2.24, 2.45) is 0 Å². The fourth-order valence-corrected chi connectivity index (χ4v) is 2.12. The molecule has 1 unspecified atom stereocenters. The fourth-order valence-electron chi connectivity index (χ4n) is 2.12. The molecule has 0 aliphatic heterocycles. The Hall–Kier alpha value is -2.42.